The fourth-order valence-corrected chi connectivity index (χ4v) is 8.66. The van der Waals surface area contributed by atoms with Crippen molar-refractivity contribution in [3.63, 3.8) is 0 Å². The Morgan fingerprint density at radius 1 is 1.14 bits per heavy atom. The molecule has 1 aromatic carbocycles. The Morgan fingerprint density at radius 2 is 1.88 bits per heavy atom. The van der Waals surface area contributed by atoms with Gasteiger partial charge in [-0.25, -0.2) is 13.4 Å². The minimum absolute atomic E-state index is 0.0312. The van der Waals surface area contributed by atoms with Crippen molar-refractivity contribution in [2.24, 2.45) is 22.7 Å². The van der Waals surface area contributed by atoms with Gasteiger partial charge in [0.25, 0.3) is 5.91 Å². The number of ether oxygens (including phenoxy) is 2. The van der Waals surface area contributed by atoms with Crippen molar-refractivity contribution in [2.75, 3.05) is 13.2 Å². The molecular formula is C38H50N4O8S. The van der Waals surface area contributed by atoms with Crippen LogP contribution in [0.15, 0.2) is 43.1 Å². The molecule has 0 radical (unpaired) electrons. The highest BCUT2D eigenvalue weighted by molar-refractivity contribution is 7.91. The molecule has 2 aliphatic carbocycles. The molecule has 1 saturated heterocycles. The number of aryl methyl sites for hydroxylation is 1. The number of hydrogen-bond acceptors (Lipinski definition) is 9. The molecule has 3 fully saturated rings. The van der Waals surface area contributed by atoms with Crippen LogP contribution in [0, 0.1) is 22.7 Å². The van der Waals surface area contributed by atoms with E-state index in [1.165, 1.54) is 11.0 Å². The first-order valence-corrected chi connectivity index (χ1v) is 19.5. The zero-order valence-electron chi connectivity index (χ0n) is 30.2. The first-order valence-electron chi connectivity index (χ1n) is 17.9. The average Bonchev–Trinajstić information content (AvgIpc) is 3.98. The maximum atomic E-state index is 14.6. The molecule has 2 aliphatic heterocycles. The third kappa shape index (κ3) is 7.93. The third-order valence-corrected chi connectivity index (χ3v) is 12.6. The first kappa shape index (κ1) is 36.8. The molecule has 4 aliphatic rings. The largest absolute Gasteiger partial charge is 0.472 e. The van der Waals surface area contributed by atoms with Gasteiger partial charge in [-0.05, 0) is 72.4 Å². The smallest absolute Gasteiger partial charge is 0.306 e. The van der Waals surface area contributed by atoms with Crippen LogP contribution in [0.5, 0.6) is 5.88 Å². The molecule has 5 atom stereocenters. The van der Waals surface area contributed by atoms with E-state index >= 15 is 0 Å². The van der Waals surface area contributed by atoms with Gasteiger partial charge >= 0.3 is 5.97 Å². The molecule has 4 bridgehead atoms. The molecule has 12 nitrogen and oxygen atoms in total. The lowest BCUT2D eigenvalue weighted by Gasteiger charge is -2.35. The molecule has 2 saturated carbocycles. The summed E-state index contributed by atoms with van der Waals surface area (Å²) in [6.45, 7) is 13.7. The molecule has 2 aromatic rings. The van der Waals surface area contributed by atoms with E-state index in [-0.39, 0.29) is 37.8 Å². The van der Waals surface area contributed by atoms with Gasteiger partial charge in [-0.15, -0.1) is 6.58 Å². The average molecular weight is 723 g/mol. The standard InChI is InChI=1S/C38H50N4O8S/c1-7-25-20-38(25,35(46)41-51(47,48)27-12-13-27)40-32(44)30-18-26-21-42(30)34(45)29(36(2,3)4)19-31(43)49-22-37(5,6)15-8-9-23-10-11-24-14-16-39-33(50-26)28(24)17-23/h7,10-11,14,16-17,25-27,29-30H,1,8-9,12-13,15,18-22H2,2-6H3,(H,40,44)(H,41,46)/t25-,26+,29+,30?,38+/m0/s1. The van der Waals surface area contributed by atoms with Gasteiger partial charge in [0.2, 0.25) is 27.7 Å². The zero-order valence-corrected chi connectivity index (χ0v) is 31.0. The van der Waals surface area contributed by atoms with E-state index < -0.39 is 73.9 Å². The highest BCUT2D eigenvalue weighted by atomic mass is 32.2. The number of fused-ring (bicyclic) bond motifs is 3. The summed E-state index contributed by atoms with van der Waals surface area (Å²) >= 11 is 0. The van der Waals surface area contributed by atoms with E-state index in [9.17, 15) is 27.6 Å². The Hall–Kier alpha value is -4.00. The Kier molecular flexibility index (Phi) is 9.75. The van der Waals surface area contributed by atoms with Crippen molar-refractivity contribution >= 4 is 44.5 Å². The van der Waals surface area contributed by atoms with Crippen LogP contribution < -0.4 is 14.8 Å². The Morgan fingerprint density at radius 3 is 2.55 bits per heavy atom. The minimum atomic E-state index is -3.88. The second-order valence-corrected chi connectivity index (χ2v) is 18.6. The lowest BCUT2D eigenvalue weighted by molar-refractivity contribution is -0.155. The molecular weight excluding hydrogens is 673 g/mol. The van der Waals surface area contributed by atoms with Crippen LogP contribution in [-0.4, -0.2) is 78.1 Å². The van der Waals surface area contributed by atoms with E-state index in [2.05, 4.69) is 47.6 Å². The number of aromatic nitrogens is 1. The van der Waals surface area contributed by atoms with Crippen molar-refractivity contribution in [1.82, 2.24) is 19.9 Å². The van der Waals surface area contributed by atoms with Gasteiger partial charge in [0.15, 0.2) is 0 Å². The van der Waals surface area contributed by atoms with Crippen molar-refractivity contribution in [3.05, 3.63) is 48.7 Å². The molecule has 0 spiro atoms. The molecule has 276 valence electrons. The molecule has 13 heteroatoms. The summed E-state index contributed by atoms with van der Waals surface area (Å²) < 4.78 is 39.8. The number of cyclic esters (lactones) is 1. The van der Waals surface area contributed by atoms with Crippen LogP contribution in [0.3, 0.4) is 0 Å². The van der Waals surface area contributed by atoms with Crippen LogP contribution in [0.1, 0.15) is 85.1 Å². The van der Waals surface area contributed by atoms with Gasteiger partial charge in [-0.1, -0.05) is 52.8 Å². The van der Waals surface area contributed by atoms with Gasteiger partial charge in [-0.2, -0.15) is 0 Å². The third-order valence-electron chi connectivity index (χ3n) is 10.8. The SMILES string of the molecule is C=C[C@H]1C[C@]1(NC(=O)C1C[C@@H]2CN1C(=O)[C@H](C(C)(C)C)CC(=O)OCC(C)(C)CCCc1ccc3ccnc(c3c1)O2)C(=O)NS(=O)(=O)C1CC1. The van der Waals surface area contributed by atoms with E-state index in [1.807, 2.05) is 32.9 Å². The maximum Gasteiger partial charge on any atom is 0.306 e. The number of sulfonamides is 1. The van der Waals surface area contributed by atoms with Crippen molar-refractivity contribution in [1.29, 1.82) is 0 Å². The number of nitrogens with one attached hydrogen (secondary N) is 2. The monoisotopic (exact) mass is 722 g/mol. The summed E-state index contributed by atoms with van der Waals surface area (Å²) in [5, 5.41) is 3.96. The summed E-state index contributed by atoms with van der Waals surface area (Å²) in [4.78, 5) is 61.6. The molecule has 2 N–H and O–H groups in total. The van der Waals surface area contributed by atoms with E-state index in [0.717, 1.165) is 35.6 Å². The summed E-state index contributed by atoms with van der Waals surface area (Å²) in [5.74, 6) is -3.27. The summed E-state index contributed by atoms with van der Waals surface area (Å²) in [7, 11) is -3.88. The number of rotatable bonds is 6. The van der Waals surface area contributed by atoms with Gasteiger partial charge in [-0.3, -0.25) is 23.9 Å². The van der Waals surface area contributed by atoms with Crippen molar-refractivity contribution in [2.45, 2.75) is 109 Å². The van der Waals surface area contributed by atoms with E-state index in [4.69, 9.17) is 9.47 Å². The van der Waals surface area contributed by atoms with Crippen LogP contribution in [0.4, 0.5) is 0 Å². The van der Waals surface area contributed by atoms with Gasteiger partial charge in [0.05, 0.1) is 30.7 Å². The Bertz CT molecular complexity index is 1850. The van der Waals surface area contributed by atoms with Gasteiger partial charge in [0, 0.05) is 23.9 Å². The zero-order chi connectivity index (χ0) is 36.9. The summed E-state index contributed by atoms with van der Waals surface area (Å²) in [5.41, 5.74) is -1.37. The molecule has 3 amide bonds. The molecule has 1 unspecified atom stereocenters. The number of hydrogen-bond donors (Lipinski definition) is 2. The number of benzene rings is 1. The molecule has 3 heterocycles. The maximum absolute atomic E-state index is 14.6. The van der Waals surface area contributed by atoms with Gasteiger partial charge < -0.3 is 19.7 Å². The van der Waals surface area contributed by atoms with Crippen LogP contribution >= 0.6 is 0 Å². The second-order valence-electron chi connectivity index (χ2n) is 16.6. The van der Waals surface area contributed by atoms with Crippen LogP contribution in [0.25, 0.3) is 10.8 Å². The van der Waals surface area contributed by atoms with Gasteiger partial charge in [0.1, 0.15) is 17.7 Å². The van der Waals surface area contributed by atoms with Crippen molar-refractivity contribution < 1.29 is 37.1 Å². The normalized spacial score (nSPS) is 28.6. The predicted octanol–water partition coefficient (Wildman–Crippen LogP) is 4.21. The Balaban J connectivity index is 1.34. The van der Waals surface area contributed by atoms with Crippen LogP contribution in [0.2, 0.25) is 0 Å². The van der Waals surface area contributed by atoms with E-state index in [1.54, 1.807) is 6.20 Å². The topological polar surface area (TPSA) is 161 Å². The second kappa shape index (κ2) is 13.5. The highest BCUT2D eigenvalue weighted by Crippen LogP contribution is 2.46. The lowest BCUT2D eigenvalue weighted by Crippen LogP contribution is -2.57. The minimum Gasteiger partial charge on any atom is -0.472 e. The molecule has 6 rings (SSSR count). The predicted molar refractivity (Wildman–Crippen MR) is 191 cm³/mol. The van der Waals surface area contributed by atoms with E-state index in [0.29, 0.717) is 18.7 Å². The fourth-order valence-electron chi connectivity index (χ4n) is 7.30. The fraction of sp³-hybridized carbons (Fsp3) is 0.605. The number of nitrogens with zero attached hydrogens (tertiary/aromatic N) is 2. The number of carbonyl (C=O) groups is 4. The van der Waals surface area contributed by atoms with Crippen LogP contribution in [-0.2, 0) is 40.4 Å². The summed E-state index contributed by atoms with van der Waals surface area (Å²) in [6.07, 6.45) is 6.07. The van der Waals surface area contributed by atoms with Crippen molar-refractivity contribution in [3.8, 4) is 5.88 Å². The molecule has 1 aromatic heterocycles. The molecule has 51 heavy (non-hydrogen) atoms. The number of amides is 3. The lowest BCUT2D eigenvalue weighted by atomic mass is 9.77. The highest BCUT2D eigenvalue weighted by Gasteiger charge is 2.62. The number of carbonyl (C=O) groups excluding carboxylic acids is 4. The summed E-state index contributed by atoms with van der Waals surface area (Å²) in [6, 6.07) is 7.00. The Labute approximate surface area is 300 Å². The quantitative estimate of drug-likeness (QED) is 0.329. The number of pyridine rings is 1. The first-order chi connectivity index (χ1) is 23.9. The number of esters is 1.